The van der Waals surface area contributed by atoms with Gasteiger partial charge in [0.2, 0.25) is 10.0 Å². The highest BCUT2D eigenvalue weighted by molar-refractivity contribution is 7.89. The molecule has 0 bridgehead atoms. The van der Waals surface area contributed by atoms with Gasteiger partial charge in [0.1, 0.15) is 5.75 Å². The third kappa shape index (κ3) is 5.93. The summed E-state index contributed by atoms with van der Waals surface area (Å²) in [5, 5.41) is 2.85. The van der Waals surface area contributed by atoms with E-state index >= 15 is 0 Å². The molecule has 0 aliphatic heterocycles. The van der Waals surface area contributed by atoms with Crippen LogP contribution in [0, 0.1) is 6.92 Å². The lowest BCUT2D eigenvalue weighted by Crippen LogP contribution is -2.27. The SMILES string of the molecule is COc1ccccc1CCNC(=O)c1ccc(C)c(S(=O)(=O)NCc2ccccc2)c1. The van der Waals surface area contributed by atoms with E-state index in [9.17, 15) is 13.2 Å². The van der Waals surface area contributed by atoms with E-state index < -0.39 is 10.0 Å². The summed E-state index contributed by atoms with van der Waals surface area (Å²) in [5.41, 5.74) is 2.72. The minimum Gasteiger partial charge on any atom is -0.496 e. The van der Waals surface area contributed by atoms with Crippen molar-refractivity contribution in [1.82, 2.24) is 10.0 Å². The molecule has 6 nitrogen and oxygen atoms in total. The molecule has 2 N–H and O–H groups in total. The molecule has 0 radical (unpaired) electrons. The van der Waals surface area contributed by atoms with Crippen molar-refractivity contribution in [3.8, 4) is 5.75 Å². The zero-order valence-electron chi connectivity index (χ0n) is 17.6. The van der Waals surface area contributed by atoms with Crippen LogP contribution in [-0.2, 0) is 23.0 Å². The number of methoxy groups -OCH3 is 1. The van der Waals surface area contributed by atoms with Crippen molar-refractivity contribution >= 4 is 15.9 Å². The fourth-order valence-electron chi connectivity index (χ4n) is 3.21. The second-order valence-corrected chi connectivity index (χ2v) is 8.84. The van der Waals surface area contributed by atoms with E-state index in [0.717, 1.165) is 16.9 Å². The molecule has 0 saturated carbocycles. The van der Waals surface area contributed by atoms with Gasteiger partial charge in [-0.25, -0.2) is 13.1 Å². The molecule has 31 heavy (non-hydrogen) atoms. The lowest BCUT2D eigenvalue weighted by Gasteiger charge is -2.12. The van der Waals surface area contributed by atoms with E-state index in [4.69, 9.17) is 4.74 Å². The van der Waals surface area contributed by atoms with Gasteiger partial charge in [0, 0.05) is 18.7 Å². The quantitative estimate of drug-likeness (QED) is 0.536. The summed E-state index contributed by atoms with van der Waals surface area (Å²) in [6.45, 7) is 2.29. The summed E-state index contributed by atoms with van der Waals surface area (Å²) >= 11 is 0. The molecule has 0 aliphatic rings. The molecule has 0 atom stereocenters. The molecular formula is C24H26N2O4S. The molecule has 0 heterocycles. The highest BCUT2D eigenvalue weighted by atomic mass is 32.2. The molecule has 0 fully saturated rings. The largest absolute Gasteiger partial charge is 0.496 e. The predicted molar refractivity (Wildman–Crippen MR) is 121 cm³/mol. The number of rotatable bonds is 9. The summed E-state index contributed by atoms with van der Waals surface area (Å²) in [4.78, 5) is 12.7. The van der Waals surface area contributed by atoms with Crippen molar-refractivity contribution in [2.24, 2.45) is 0 Å². The number of ether oxygens (including phenoxy) is 1. The normalized spacial score (nSPS) is 11.2. The fraction of sp³-hybridized carbons (Fsp3) is 0.208. The van der Waals surface area contributed by atoms with E-state index in [-0.39, 0.29) is 17.3 Å². The number of hydrogen-bond donors (Lipinski definition) is 2. The van der Waals surface area contributed by atoms with Gasteiger partial charge in [-0.05, 0) is 48.2 Å². The van der Waals surface area contributed by atoms with Gasteiger partial charge in [0.15, 0.2) is 0 Å². The number of amides is 1. The Morgan fingerprint density at radius 1 is 0.968 bits per heavy atom. The van der Waals surface area contributed by atoms with E-state index in [1.54, 1.807) is 26.2 Å². The molecule has 0 aromatic heterocycles. The Bertz CT molecular complexity index is 1150. The first-order valence-corrected chi connectivity index (χ1v) is 11.4. The first-order valence-electron chi connectivity index (χ1n) is 9.95. The van der Waals surface area contributed by atoms with Crippen molar-refractivity contribution in [3.05, 3.63) is 95.1 Å². The molecule has 162 valence electrons. The molecule has 0 unspecified atom stereocenters. The molecule has 3 rings (SSSR count). The Kier molecular flexibility index (Phi) is 7.44. The van der Waals surface area contributed by atoms with Gasteiger partial charge in [-0.1, -0.05) is 54.6 Å². The van der Waals surface area contributed by atoms with Crippen LogP contribution in [0.3, 0.4) is 0 Å². The van der Waals surface area contributed by atoms with Crippen molar-refractivity contribution in [2.45, 2.75) is 24.8 Å². The van der Waals surface area contributed by atoms with Crippen LogP contribution in [0.25, 0.3) is 0 Å². The zero-order valence-corrected chi connectivity index (χ0v) is 18.4. The molecule has 3 aromatic rings. The standard InChI is InChI=1S/C24H26N2O4S/c1-18-12-13-21(24(27)25-15-14-20-10-6-7-11-22(20)30-2)16-23(18)31(28,29)26-17-19-8-4-3-5-9-19/h3-13,16,26H,14-15,17H2,1-2H3,(H,25,27). The van der Waals surface area contributed by atoms with Gasteiger partial charge in [-0.3, -0.25) is 4.79 Å². The number of hydrogen-bond acceptors (Lipinski definition) is 4. The number of nitrogens with one attached hydrogen (secondary N) is 2. The lowest BCUT2D eigenvalue weighted by molar-refractivity contribution is 0.0954. The van der Waals surface area contributed by atoms with E-state index in [0.29, 0.717) is 24.1 Å². The van der Waals surface area contributed by atoms with Crippen LogP contribution in [0.1, 0.15) is 27.0 Å². The molecule has 7 heteroatoms. The second kappa shape index (κ2) is 10.2. The minimum absolute atomic E-state index is 0.0980. The van der Waals surface area contributed by atoms with Crippen LogP contribution in [-0.4, -0.2) is 28.0 Å². The highest BCUT2D eigenvalue weighted by Crippen LogP contribution is 2.19. The van der Waals surface area contributed by atoms with E-state index in [2.05, 4.69) is 10.0 Å². The van der Waals surface area contributed by atoms with Crippen molar-refractivity contribution in [3.63, 3.8) is 0 Å². The monoisotopic (exact) mass is 438 g/mol. The Labute approximate surface area is 183 Å². The van der Waals surface area contributed by atoms with Crippen LogP contribution in [0.2, 0.25) is 0 Å². The number of benzene rings is 3. The summed E-state index contributed by atoms with van der Waals surface area (Å²) in [6, 6.07) is 21.6. The average Bonchev–Trinajstić information content (AvgIpc) is 2.79. The van der Waals surface area contributed by atoms with Crippen LogP contribution in [0.4, 0.5) is 0 Å². The summed E-state index contributed by atoms with van der Waals surface area (Å²) < 4.78 is 33.6. The van der Waals surface area contributed by atoms with Gasteiger partial charge in [0.05, 0.1) is 12.0 Å². The highest BCUT2D eigenvalue weighted by Gasteiger charge is 2.19. The number of aryl methyl sites for hydroxylation is 1. The fourth-order valence-corrected chi connectivity index (χ4v) is 4.49. The maximum atomic E-state index is 12.8. The van der Waals surface area contributed by atoms with Crippen LogP contribution < -0.4 is 14.8 Å². The average molecular weight is 439 g/mol. The van der Waals surface area contributed by atoms with Crippen molar-refractivity contribution < 1.29 is 17.9 Å². The molecule has 1 amide bonds. The number of carbonyl (C=O) groups is 1. The molecule has 0 spiro atoms. The van der Waals surface area contributed by atoms with E-state index in [1.807, 2.05) is 54.6 Å². The number of sulfonamides is 1. The van der Waals surface area contributed by atoms with Gasteiger partial charge in [-0.15, -0.1) is 0 Å². The molecular weight excluding hydrogens is 412 g/mol. The molecule has 0 saturated heterocycles. The number of para-hydroxylation sites is 1. The Hall–Kier alpha value is -3.16. The summed E-state index contributed by atoms with van der Waals surface area (Å²) in [5.74, 6) is 0.444. The Morgan fingerprint density at radius 2 is 1.68 bits per heavy atom. The molecule has 3 aromatic carbocycles. The molecule has 0 aliphatic carbocycles. The first kappa shape index (κ1) is 22.5. The second-order valence-electron chi connectivity index (χ2n) is 7.11. The Morgan fingerprint density at radius 3 is 2.42 bits per heavy atom. The summed E-state index contributed by atoms with van der Waals surface area (Å²) in [7, 11) is -2.16. The minimum atomic E-state index is -3.76. The maximum Gasteiger partial charge on any atom is 0.251 e. The van der Waals surface area contributed by atoms with Gasteiger partial charge in [0.25, 0.3) is 5.91 Å². The Balaban J connectivity index is 1.67. The van der Waals surface area contributed by atoms with Crippen molar-refractivity contribution in [2.75, 3.05) is 13.7 Å². The number of carbonyl (C=O) groups excluding carboxylic acids is 1. The zero-order chi connectivity index (χ0) is 22.3. The smallest absolute Gasteiger partial charge is 0.251 e. The van der Waals surface area contributed by atoms with Crippen LogP contribution in [0.15, 0.2) is 77.7 Å². The maximum absolute atomic E-state index is 12.8. The van der Waals surface area contributed by atoms with Gasteiger partial charge >= 0.3 is 0 Å². The third-order valence-electron chi connectivity index (χ3n) is 4.92. The topological polar surface area (TPSA) is 84.5 Å². The predicted octanol–water partition coefficient (Wildman–Crippen LogP) is 3.45. The lowest BCUT2D eigenvalue weighted by atomic mass is 10.1. The van der Waals surface area contributed by atoms with E-state index in [1.165, 1.54) is 6.07 Å². The van der Waals surface area contributed by atoms with Gasteiger partial charge in [-0.2, -0.15) is 0 Å². The van der Waals surface area contributed by atoms with Crippen LogP contribution in [0.5, 0.6) is 5.75 Å². The van der Waals surface area contributed by atoms with Crippen molar-refractivity contribution in [1.29, 1.82) is 0 Å². The third-order valence-corrected chi connectivity index (χ3v) is 6.46. The van der Waals surface area contributed by atoms with Crippen LogP contribution >= 0.6 is 0 Å². The van der Waals surface area contributed by atoms with Gasteiger partial charge < -0.3 is 10.1 Å². The first-order chi connectivity index (χ1) is 14.9. The summed E-state index contributed by atoms with van der Waals surface area (Å²) in [6.07, 6.45) is 0.603.